The van der Waals surface area contributed by atoms with E-state index in [2.05, 4.69) is 24.5 Å². The summed E-state index contributed by atoms with van der Waals surface area (Å²) in [6.45, 7) is 7.35. The molecule has 0 saturated heterocycles. The number of nitrogens with one attached hydrogen (secondary N) is 2. The molecular formula is C15H24N2O3. The van der Waals surface area contributed by atoms with Crippen LogP contribution in [-0.2, 0) is 0 Å². The summed E-state index contributed by atoms with van der Waals surface area (Å²) in [5.41, 5.74) is 0.677. The van der Waals surface area contributed by atoms with E-state index in [1.807, 2.05) is 6.92 Å². The molecule has 0 aliphatic rings. The van der Waals surface area contributed by atoms with Gasteiger partial charge >= 0.3 is 6.03 Å². The summed E-state index contributed by atoms with van der Waals surface area (Å²) in [6, 6.07) is 5.10. The molecule has 1 aromatic rings. The lowest BCUT2D eigenvalue weighted by Crippen LogP contribution is -2.30. The number of ether oxygens (including phenoxy) is 2. The molecule has 0 fully saturated rings. The van der Waals surface area contributed by atoms with Crippen LogP contribution in [0.1, 0.15) is 27.2 Å². The summed E-state index contributed by atoms with van der Waals surface area (Å²) in [6.07, 6.45) is 0.959. The Morgan fingerprint density at radius 2 is 2.05 bits per heavy atom. The minimum absolute atomic E-state index is 0.210. The topological polar surface area (TPSA) is 59.6 Å². The highest BCUT2D eigenvalue weighted by Crippen LogP contribution is 2.30. The standard InChI is InChI=1S/C15H24N2O3/c1-5-20-14-10-12(6-7-13(14)19-4)17-15(18)16-9-8-11(2)3/h6-7,10-11H,5,8-9H2,1-4H3,(H2,16,17,18). The van der Waals surface area contributed by atoms with Gasteiger partial charge < -0.3 is 20.1 Å². The van der Waals surface area contributed by atoms with Crippen molar-refractivity contribution in [3.8, 4) is 11.5 Å². The third-order valence-corrected chi connectivity index (χ3v) is 2.73. The van der Waals surface area contributed by atoms with Crippen molar-refractivity contribution in [1.29, 1.82) is 0 Å². The van der Waals surface area contributed by atoms with Gasteiger partial charge in [-0.2, -0.15) is 0 Å². The number of rotatable bonds is 7. The molecule has 0 unspecified atom stereocenters. The van der Waals surface area contributed by atoms with E-state index in [0.717, 1.165) is 6.42 Å². The number of methoxy groups -OCH3 is 1. The van der Waals surface area contributed by atoms with Gasteiger partial charge in [-0.05, 0) is 31.4 Å². The Morgan fingerprint density at radius 1 is 1.30 bits per heavy atom. The lowest BCUT2D eigenvalue weighted by Gasteiger charge is -2.12. The van der Waals surface area contributed by atoms with E-state index in [4.69, 9.17) is 9.47 Å². The number of urea groups is 1. The van der Waals surface area contributed by atoms with Gasteiger partial charge in [-0.3, -0.25) is 0 Å². The minimum Gasteiger partial charge on any atom is -0.493 e. The SMILES string of the molecule is CCOc1cc(NC(=O)NCCC(C)C)ccc1OC. The number of amides is 2. The minimum atomic E-state index is -0.210. The van der Waals surface area contributed by atoms with E-state index in [0.29, 0.717) is 36.3 Å². The van der Waals surface area contributed by atoms with Gasteiger partial charge in [0.1, 0.15) is 0 Å². The van der Waals surface area contributed by atoms with E-state index in [1.165, 1.54) is 0 Å². The Balaban J connectivity index is 2.58. The summed E-state index contributed by atoms with van der Waals surface area (Å²) in [7, 11) is 1.59. The van der Waals surface area contributed by atoms with Crippen LogP contribution in [0.2, 0.25) is 0 Å². The smallest absolute Gasteiger partial charge is 0.319 e. The van der Waals surface area contributed by atoms with Crippen LogP contribution in [0.4, 0.5) is 10.5 Å². The Kier molecular flexibility index (Phi) is 6.70. The van der Waals surface area contributed by atoms with Crippen molar-refractivity contribution in [1.82, 2.24) is 5.32 Å². The van der Waals surface area contributed by atoms with Crippen molar-refractivity contribution in [2.45, 2.75) is 27.2 Å². The normalized spacial score (nSPS) is 10.2. The van der Waals surface area contributed by atoms with Gasteiger partial charge in [-0.1, -0.05) is 13.8 Å². The fraction of sp³-hybridized carbons (Fsp3) is 0.533. The predicted octanol–water partition coefficient (Wildman–Crippen LogP) is 3.26. The molecule has 0 aliphatic carbocycles. The Morgan fingerprint density at radius 3 is 2.65 bits per heavy atom. The van der Waals surface area contributed by atoms with E-state index >= 15 is 0 Å². The molecule has 2 N–H and O–H groups in total. The fourth-order valence-corrected chi connectivity index (χ4v) is 1.67. The highest BCUT2D eigenvalue weighted by Gasteiger charge is 2.07. The zero-order valence-electron chi connectivity index (χ0n) is 12.7. The van der Waals surface area contributed by atoms with Crippen LogP contribution in [0, 0.1) is 5.92 Å². The zero-order valence-corrected chi connectivity index (χ0v) is 12.7. The summed E-state index contributed by atoms with van der Waals surface area (Å²) >= 11 is 0. The number of hydrogen-bond acceptors (Lipinski definition) is 3. The second-order valence-corrected chi connectivity index (χ2v) is 4.86. The maximum atomic E-state index is 11.7. The van der Waals surface area contributed by atoms with Crippen LogP contribution in [0.15, 0.2) is 18.2 Å². The van der Waals surface area contributed by atoms with Crippen molar-refractivity contribution >= 4 is 11.7 Å². The van der Waals surface area contributed by atoms with Crippen molar-refractivity contribution in [3.63, 3.8) is 0 Å². The molecule has 0 radical (unpaired) electrons. The first kappa shape index (κ1) is 16.1. The maximum absolute atomic E-state index is 11.7. The quantitative estimate of drug-likeness (QED) is 0.806. The molecule has 20 heavy (non-hydrogen) atoms. The molecule has 0 heterocycles. The molecule has 1 aromatic carbocycles. The second kappa shape index (κ2) is 8.30. The van der Waals surface area contributed by atoms with Gasteiger partial charge in [0, 0.05) is 18.3 Å². The van der Waals surface area contributed by atoms with Crippen molar-refractivity contribution in [3.05, 3.63) is 18.2 Å². The van der Waals surface area contributed by atoms with Crippen LogP contribution in [-0.4, -0.2) is 26.3 Å². The molecule has 0 saturated carbocycles. The van der Waals surface area contributed by atoms with Crippen LogP contribution in [0.25, 0.3) is 0 Å². The van der Waals surface area contributed by atoms with E-state index in [9.17, 15) is 4.79 Å². The number of hydrogen-bond donors (Lipinski definition) is 2. The van der Waals surface area contributed by atoms with Crippen molar-refractivity contribution in [2.75, 3.05) is 25.6 Å². The van der Waals surface area contributed by atoms with Gasteiger partial charge in [-0.25, -0.2) is 4.79 Å². The van der Waals surface area contributed by atoms with Gasteiger partial charge in [0.25, 0.3) is 0 Å². The summed E-state index contributed by atoms with van der Waals surface area (Å²) in [4.78, 5) is 11.7. The van der Waals surface area contributed by atoms with Crippen LogP contribution >= 0.6 is 0 Å². The molecule has 0 aromatic heterocycles. The van der Waals surface area contributed by atoms with E-state index in [-0.39, 0.29) is 6.03 Å². The summed E-state index contributed by atoms with van der Waals surface area (Å²) < 4.78 is 10.7. The van der Waals surface area contributed by atoms with Gasteiger partial charge in [0.05, 0.1) is 13.7 Å². The molecule has 5 nitrogen and oxygen atoms in total. The summed E-state index contributed by atoms with van der Waals surface area (Å²) in [5, 5.41) is 5.60. The molecule has 5 heteroatoms. The maximum Gasteiger partial charge on any atom is 0.319 e. The zero-order chi connectivity index (χ0) is 15.0. The van der Waals surface area contributed by atoms with Gasteiger partial charge in [0.2, 0.25) is 0 Å². The lowest BCUT2D eigenvalue weighted by atomic mass is 10.1. The number of benzene rings is 1. The highest BCUT2D eigenvalue weighted by atomic mass is 16.5. The molecule has 0 spiro atoms. The number of carbonyl (C=O) groups excluding carboxylic acids is 1. The largest absolute Gasteiger partial charge is 0.493 e. The Hall–Kier alpha value is -1.91. The van der Waals surface area contributed by atoms with Gasteiger partial charge in [-0.15, -0.1) is 0 Å². The molecule has 0 aliphatic heterocycles. The number of anilines is 1. The first-order valence-corrected chi connectivity index (χ1v) is 6.92. The molecule has 0 atom stereocenters. The number of carbonyl (C=O) groups is 1. The first-order chi connectivity index (χ1) is 9.56. The van der Waals surface area contributed by atoms with Crippen molar-refractivity contribution in [2.24, 2.45) is 5.92 Å². The Bertz CT molecular complexity index is 433. The van der Waals surface area contributed by atoms with Crippen LogP contribution in [0.3, 0.4) is 0 Å². The molecular weight excluding hydrogens is 256 g/mol. The second-order valence-electron chi connectivity index (χ2n) is 4.86. The van der Waals surface area contributed by atoms with E-state index < -0.39 is 0 Å². The monoisotopic (exact) mass is 280 g/mol. The average molecular weight is 280 g/mol. The van der Waals surface area contributed by atoms with Crippen molar-refractivity contribution < 1.29 is 14.3 Å². The molecule has 2 amide bonds. The third kappa shape index (κ3) is 5.38. The summed E-state index contributed by atoms with van der Waals surface area (Å²) in [5.74, 6) is 1.84. The van der Waals surface area contributed by atoms with E-state index in [1.54, 1.807) is 25.3 Å². The Labute approximate surface area is 120 Å². The van der Waals surface area contributed by atoms with Gasteiger partial charge in [0.15, 0.2) is 11.5 Å². The average Bonchev–Trinajstić information content (AvgIpc) is 2.39. The lowest BCUT2D eigenvalue weighted by molar-refractivity contribution is 0.251. The highest BCUT2D eigenvalue weighted by molar-refractivity contribution is 5.89. The molecule has 112 valence electrons. The predicted molar refractivity (Wildman–Crippen MR) is 80.6 cm³/mol. The van der Waals surface area contributed by atoms with Crippen LogP contribution < -0.4 is 20.1 Å². The molecule has 1 rings (SSSR count). The fourth-order valence-electron chi connectivity index (χ4n) is 1.67. The third-order valence-electron chi connectivity index (χ3n) is 2.73. The molecule has 0 bridgehead atoms. The van der Waals surface area contributed by atoms with Crippen LogP contribution in [0.5, 0.6) is 11.5 Å². The first-order valence-electron chi connectivity index (χ1n) is 6.92.